The molecule has 2 aliphatic carbocycles. The zero-order valence-electron chi connectivity index (χ0n) is 43.1. The molecule has 0 unspecified atom stereocenters. The number of nitrogens with zero attached hydrogens (tertiary/aromatic N) is 4. The van der Waals surface area contributed by atoms with Crippen LogP contribution in [0.1, 0.15) is 281 Å². The molecule has 4 nitrogen and oxygen atoms in total. The van der Waals surface area contributed by atoms with E-state index in [1.165, 1.54) is 178 Å². The first-order chi connectivity index (χ1) is 33.5. The molecule has 374 valence electrons. The van der Waals surface area contributed by atoms with E-state index < -0.39 is 10.8 Å². The Morgan fingerprint density at radius 1 is 0.338 bits per heavy atom. The average molecular weight is 968 g/mol. The monoisotopic (exact) mass is 967 g/mol. The van der Waals surface area contributed by atoms with Crippen LogP contribution in [0, 0.1) is 11.6 Å². The Kier molecular flexibility index (Phi) is 21.1. The van der Waals surface area contributed by atoms with Crippen LogP contribution in [-0.4, -0.2) is 17.5 Å². The van der Waals surface area contributed by atoms with Gasteiger partial charge in [0.05, 0.1) is 23.5 Å². The van der Waals surface area contributed by atoms with Crippen molar-refractivity contribution in [2.75, 3.05) is 0 Å². The van der Waals surface area contributed by atoms with Crippen LogP contribution < -0.4 is 0 Å². The highest BCUT2D eigenvalue weighted by molar-refractivity contribution is 7.00. The Bertz CT molecular complexity index is 2090. The lowest BCUT2D eigenvalue weighted by Gasteiger charge is -2.35. The Morgan fingerprint density at radius 3 is 0.882 bits per heavy atom. The van der Waals surface area contributed by atoms with E-state index in [4.69, 9.17) is 17.5 Å². The first-order valence-electron chi connectivity index (χ1n) is 28.6. The Hall–Kier alpha value is -2.84. The number of unbranched alkanes of at least 4 members (excludes halogenated alkanes) is 28. The molecule has 0 fully saturated rings. The number of hydrogen-bond acceptors (Lipinski definition) is 6. The predicted molar refractivity (Wildman–Crippen MR) is 290 cm³/mol. The highest BCUT2D eigenvalue weighted by Crippen LogP contribution is 2.64. The summed E-state index contributed by atoms with van der Waals surface area (Å²) in [7, 11) is 0. The summed E-state index contributed by atoms with van der Waals surface area (Å²) in [6.07, 6.45) is 41.9. The van der Waals surface area contributed by atoms with Crippen LogP contribution >= 0.6 is 23.5 Å². The van der Waals surface area contributed by atoms with Crippen LogP contribution in [0.2, 0.25) is 0 Å². The largest absolute Gasteiger partial charge is 0.206 e. The number of hydrogen-bond donors (Lipinski definition) is 0. The molecule has 0 saturated heterocycles. The van der Waals surface area contributed by atoms with E-state index in [-0.39, 0.29) is 11.6 Å². The summed E-state index contributed by atoms with van der Waals surface area (Å²) in [6.45, 7) is 9.11. The molecule has 68 heavy (non-hydrogen) atoms. The fourth-order valence-corrected chi connectivity index (χ4v) is 13.9. The highest BCUT2D eigenvalue weighted by Gasteiger charge is 2.54. The molecule has 8 heteroatoms. The standard InChI is InChI=1S/C60H88F2N4S2/c1-5-9-13-17-21-25-29-33-41-59(42-34-30-26-22-18-14-10-6-2)45-37-39-47-57(65-67-63-47)49(45)51-53(59)55(61)52-50-46(38-40-48-58(50)66-68-64-48)60(54(52)56(51)62,43-35-31-27-23-19-15-11-7-3)44-36-32-28-24-20-16-12-8-4/h37-40H,5-36,41-44H2,1-4H3. The van der Waals surface area contributed by atoms with E-state index in [9.17, 15) is 0 Å². The summed E-state index contributed by atoms with van der Waals surface area (Å²) in [5.74, 6) is -0.392. The molecule has 2 aromatic heterocycles. The van der Waals surface area contributed by atoms with E-state index in [1.54, 1.807) is 0 Å². The minimum atomic E-state index is -0.651. The van der Waals surface area contributed by atoms with Crippen molar-refractivity contribution >= 4 is 45.5 Å². The van der Waals surface area contributed by atoms with Crippen molar-refractivity contribution in [3.8, 4) is 22.3 Å². The van der Waals surface area contributed by atoms with Gasteiger partial charge in [-0.15, -0.1) is 0 Å². The van der Waals surface area contributed by atoms with Crippen molar-refractivity contribution in [2.24, 2.45) is 0 Å². The first kappa shape index (κ1) is 53.0. The van der Waals surface area contributed by atoms with Crippen molar-refractivity contribution < 1.29 is 8.78 Å². The SMILES string of the molecule is CCCCCCCCCCC1(CCCCCCCCCC)c2ccc3nsnc3c2-c2c(F)c3c(c(F)c21)-c1c(ccc2nsnc12)C3(CCCCCCCCCC)CCCCCCCCCC. The molecular weight excluding hydrogens is 879 g/mol. The van der Waals surface area contributed by atoms with E-state index >= 15 is 8.78 Å². The van der Waals surface area contributed by atoms with Gasteiger partial charge in [-0.3, -0.25) is 0 Å². The summed E-state index contributed by atoms with van der Waals surface area (Å²) in [4.78, 5) is 0. The molecule has 0 saturated carbocycles. The van der Waals surface area contributed by atoms with Crippen molar-refractivity contribution in [2.45, 2.75) is 270 Å². The van der Waals surface area contributed by atoms with Gasteiger partial charge >= 0.3 is 0 Å². The Labute approximate surface area is 419 Å². The zero-order valence-corrected chi connectivity index (χ0v) is 44.8. The summed E-state index contributed by atoms with van der Waals surface area (Å²) in [5.41, 5.74) is 7.83. The molecule has 5 aromatic rings. The topological polar surface area (TPSA) is 51.6 Å². The van der Waals surface area contributed by atoms with Crippen LogP contribution in [0.3, 0.4) is 0 Å². The van der Waals surface area contributed by atoms with Crippen LogP contribution in [0.15, 0.2) is 24.3 Å². The third kappa shape index (κ3) is 11.9. The predicted octanol–water partition coefficient (Wildman–Crippen LogP) is 20.6. The number of benzene rings is 3. The van der Waals surface area contributed by atoms with Crippen LogP contribution in [0.5, 0.6) is 0 Å². The van der Waals surface area contributed by atoms with Gasteiger partial charge in [-0.2, -0.15) is 17.5 Å². The van der Waals surface area contributed by atoms with Gasteiger partial charge in [0.15, 0.2) is 0 Å². The van der Waals surface area contributed by atoms with Gasteiger partial charge in [-0.05, 0) is 48.9 Å². The summed E-state index contributed by atoms with van der Waals surface area (Å²) >= 11 is 2.40. The smallest absolute Gasteiger partial charge is 0.136 e. The van der Waals surface area contributed by atoms with Crippen molar-refractivity contribution in [1.29, 1.82) is 0 Å². The number of aromatic nitrogens is 4. The number of halogens is 2. The molecule has 0 amide bonds. The van der Waals surface area contributed by atoms with E-state index in [1.807, 2.05) is 0 Å². The Balaban J connectivity index is 1.34. The third-order valence-electron chi connectivity index (χ3n) is 16.6. The second-order valence-electron chi connectivity index (χ2n) is 21.4. The molecule has 0 aliphatic heterocycles. The van der Waals surface area contributed by atoms with Gasteiger partial charge < -0.3 is 0 Å². The van der Waals surface area contributed by atoms with Gasteiger partial charge in [-0.1, -0.05) is 245 Å². The maximum Gasteiger partial charge on any atom is 0.136 e. The van der Waals surface area contributed by atoms with Crippen LogP contribution in [0.25, 0.3) is 44.3 Å². The van der Waals surface area contributed by atoms with E-state index in [2.05, 4.69) is 52.0 Å². The number of rotatable bonds is 36. The van der Waals surface area contributed by atoms with E-state index in [0.717, 1.165) is 121 Å². The Morgan fingerprint density at radius 2 is 0.603 bits per heavy atom. The van der Waals surface area contributed by atoms with Crippen molar-refractivity contribution in [3.05, 3.63) is 58.2 Å². The normalized spacial score (nSPS) is 14.3. The maximum absolute atomic E-state index is 19.3. The van der Waals surface area contributed by atoms with Gasteiger partial charge in [0.2, 0.25) is 0 Å². The summed E-state index contributed by atoms with van der Waals surface area (Å²) in [6, 6.07) is 8.61. The maximum atomic E-state index is 19.3. The molecule has 2 aliphatic rings. The minimum absolute atomic E-state index is 0.196. The first-order valence-corrected chi connectivity index (χ1v) is 30.0. The van der Waals surface area contributed by atoms with Crippen molar-refractivity contribution in [3.63, 3.8) is 0 Å². The molecule has 0 spiro atoms. The summed E-state index contributed by atoms with van der Waals surface area (Å²) < 4.78 is 58.0. The fourth-order valence-electron chi connectivity index (χ4n) is 12.9. The van der Waals surface area contributed by atoms with E-state index in [0.29, 0.717) is 22.3 Å². The molecule has 0 N–H and O–H groups in total. The minimum Gasteiger partial charge on any atom is -0.206 e. The van der Waals surface area contributed by atoms with Gasteiger partial charge in [0.25, 0.3) is 0 Å². The molecule has 7 rings (SSSR count). The van der Waals surface area contributed by atoms with Gasteiger partial charge in [-0.25, -0.2) is 8.78 Å². The second-order valence-corrected chi connectivity index (χ2v) is 22.5. The van der Waals surface area contributed by atoms with Crippen LogP contribution in [-0.2, 0) is 10.8 Å². The van der Waals surface area contributed by atoms with Gasteiger partial charge in [0, 0.05) is 44.2 Å². The quantitative estimate of drug-likeness (QED) is 0.0375. The number of fused-ring (bicyclic) bond motifs is 10. The molecule has 0 bridgehead atoms. The lowest BCUT2D eigenvalue weighted by molar-refractivity contribution is 0.374. The summed E-state index contributed by atoms with van der Waals surface area (Å²) in [5, 5.41) is 0. The fraction of sp³-hybridized carbons (Fsp3) is 0.700. The molecule has 0 atom stereocenters. The zero-order chi connectivity index (χ0) is 47.6. The average Bonchev–Trinajstić information content (AvgIpc) is 4.15. The molecule has 3 aromatic carbocycles. The lowest BCUT2D eigenvalue weighted by atomic mass is 9.68. The molecule has 0 radical (unpaired) electrons. The second kappa shape index (κ2) is 27.1. The van der Waals surface area contributed by atoms with Crippen molar-refractivity contribution in [1.82, 2.24) is 17.5 Å². The lowest BCUT2D eigenvalue weighted by Crippen LogP contribution is -2.29. The van der Waals surface area contributed by atoms with Gasteiger partial charge in [0.1, 0.15) is 33.7 Å². The highest BCUT2D eigenvalue weighted by atomic mass is 32.1. The molecular formula is C60H88F2N4S2. The molecule has 2 heterocycles. The van der Waals surface area contributed by atoms with Crippen LogP contribution in [0.4, 0.5) is 8.78 Å². The third-order valence-corrected chi connectivity index (χ3v) is 17.6.